The molecule has 0 atom stereocenters. The summed E-state index contributed by atoms with van der Waals surface area (Å²) in [4.78, 5) is 2.31. The average Bonchev–Trinajstić information content (AvgIpc) is 2.47. The molecule has 1 aromatic carbocycles. The van der Waals surface area contributed by atoms with Crippen molar-refractivity contribution in [3.05, 3.63) is 29.3 Å². The normalized spacial score (nSPS) is 17.0. The van der Waals surface area contributed by atoms with Gasteiger partial charge in [0.2, 0.25) is 0 Å². The molecule has 0 aromatic heterocycles. The molecule has 0 radical (unpaired) electrons. The molecule has 3 nitrogen and oxygen atoms in total. The summed E-state index contributed by atoms with van der Waals surface area (Å²) in [6.07, 6.45) is -2.74. The van der Waals surface area contributed by atoms with Crippen LogP contribution in [0.15, 0.2) is 18.2 Å². The number of nitrogens with zero attached hydrogens (tertiary/aromatic N) is 1. The predicted molar refractivity (Wildman–Crippen MR) is 73.6 cm³/mol. The van der Waals surface area contributed by atoms with Crippen LogP contribution in [-0.2, 0) is 17.3 Å². The van der Waals surface area contributed by atoms with Crippen LogP contribution in [0.25, 0.3) is 0 Å². The Hall–Kier alpha value is -1.27. The third kappa shape index (κ3) is 4.61. The van der Waals surface area contributed by atoms with Gasteiger partial charge in [-0.05, 0) is 37.1 Å². The van der Waals surface area contributed by atoms with Crippen LogP contribution in [0.5, 0.6) is 5.75 Å². The third-order valence-corrected chi connectivity index (χ3v) is 3.64. The summed E-state index contributed by atoms with van der Waals surface area (Å²) in [5.41, 5.74) is 0.148. The Morgan fingerprint density at radius 1 is 1.24 bits per heavy atom. The van der Waals surface area contributed by atoms with E-state index < -0.39 is 11.7 Å². The molecule has 0 unspecified atom stereocenters. The van der Waals surface area contributed by atoms with Gasteiger partial charge in [0.1, 0.15) is 5.75 Å². The van der Waals surface area contributed by atoms with Crippen LogP contribution in [0.3, 0.4) is 0 Å². The van der Waals surface area contributed by atoms with Gasteiger partial charge in [-0.15, -0.1) is 0 Å². The summed E-state index contributed by atoms with van der Waals surface area (Å²) in [6, 6.07) is 3.71. The Morgan fingerprint density at radius 3 is 2.57 bits per heavy atom. The second kappa shape index (κ2) is 7.13. The fourth-order valence-corrected chi connectivity index (χ4v) is 2.45. The second-order valence-electron chi connectivity index (χ2n) is 5.08. The summed E-state index contributed by atoms with van der Waals surface area (Å²) < 4.78 is 48.3. The van der Waals surface area contributed by atoms with Gasteiger partial charge in [0.25, 0.3) is 0 Å². The van der Waals surface area contributed by atoms with Crippen molar-refractivity contribution in [2.24, 2.45) is 0 Å². The van der Waals surface area contributed by atoms with Gasteiger partial charge in [-0.25, -0.2) is 0 Å². The molecule has 21 heavy (non-hydrogen) atoms. The van der Waals surface area contributed by atoms with E-state index in [0.29, 0.717) is 12.2 Å². The first-order valence-electron chi connectivity index (χ1n) is 7.05. The standard InChI is InChI=1S/C15H20F3NO2/c1-20-14-11-13(15(16,17)18)5-4-12(14)3-2-6-19-7-9-21-10-8-19/h4-5,11H,2-3,6-10H2,1H3. The van der Waals surface area contributed by atoms with Crippen molar-refractivity contribution in [3.63, 3.8) is 0 Å². The minimum atomic E-state index is -4.33. The molecule has 0 N–H and O–H groups in total. The van der Waals surface area contributed by atoms with Crippen LogP contribution in [0, 0.1) is 0 Å². The van der Waals surface area contributed by atoms with E-state index in [1.54, 1.807) is 0 Å². The Balaban J connectivity index is 1.93. The van der Waals surface area contributed by atoms with Crippen molar-refractivity contribution in [1.82, 2.24) is 4.90 Å². The van der Waals surface area contributed by atoms with E-state index in [0.717, 1.165) is 57.0 Å². The number of methoxy groups -OCH3 is 1. The second-order valence-corrected chi connectivity index (χ2v) is 5.08. The maximum Gasteiger partial charge on any atom is 0.416 e. The molecule has 1 heterocycles. The number of alkyl halides is 3. The van der Waals surface area contributed by atoms with Gasteiger partial charge in [0, 0.05) is 13.1 Å². The van der Waals surface area contributed by atoms with Crippen LogP contribution < -0.4 is 4.74 Å². The summed E-state index contributed by atoms with van der Waals surface area (Å²) in [7, 11) is 1.40. The molecule has 0 amide bonds. The summed E-state index contributed by atoms with van der Waals surface area (Å²) in [5.74, 6) is 0.312. The lowest BCUT2D eigenvalue weighted by molar-refractivity contribution is -0.137. The lowest BCUT2D eigenvalue weighted by Crippen LogP contribution is -2.36. The highest BCUT2D eigenvalue weighted by Crippen LogP contribution is 2.33. The molecule has 0 saturated carbocycles. The van der Waals surface area contributed by atoms with Crippen LogP contribution in [-0.4, -0.2) is 44.9 Å². The lowest BCUT2D eigenvalue weighted by Gasteiger charge is -2.26. The first-order valence-corrected chi connectivity index (χ1v) is 7.05. The van der Waals surface area contributed by atoms with E-state index >= 15 is 0 Å². The van der Waals surface area contributed by atoms with Crippen LogP contribution in [0.1, 0.15) is 17.5 Å². The van der Waals surface area contributed by atoms with E-state index in [4.69, 9.17) is 9.47 Å². The van der Waals surface area contributed by atoms with Gasteiger partial charge in [-0.2, -0.15) is 13.2 Å². The fourth-order valence-electron chi connectivity index (χ4n) is 2.45. The topological polar surface area (TPSA) is 21.7 Å². The Morgan fingerprint density at radius 2 is 1.95 bits per heavy atom. The Labute approximate surface area is 122 Å². The van der Waals surface area contributed by atoms with Crippen molar-refractivity contribution in [2.75, 3.05) is 40.0 Å². The van der Waals surface area contributed by atoms with Gasteiger partial charge in [-0.1, -0.05) is 6.07 Å². The maximum absolute atomic E-state index is 12.7. The fraction of sp³-hybridized carbons (Fsp3) is 0.600. The van der Waals surface area contributed by atoms with Gasteiger partial charge in [0.05, 0.1) is 25.9 Å². The molecule has 1 aliphatic rings. The minimum Gasteiger partial charge on any atom is -0.496 e. The van der Waals surface area contributed by atoms with Crippen molar-refractivity contribution >= 4 is 0 Å². The molecular formula is C15H20F3NO2. The molecule has 1 saturated heterocycles. The molecule has 118 valence electrons. The molecule has 1 aromatic rings. The Bertz CT molecular complexity index is 457. The number of hydrogen-bond donors (Lipinski definition) is 0. The lowest BCUT2D eigenvalue weighted by atomic mass is 10.1. The van der Waals surface area contributed by atoms with Crippen LogP contribution >= 0.6 is 0 Å². The zero-order valence-corrected chi connectivity index (χ0v) is 12.1. The zero-order valence-electron chi connectivity index (χ0n) is 12.1. The predicted octanol–water partition coefficient (Wildman–Crippen LogP) is 2.98. The molecule has 0 bridgehead atoms. The maximum atomic E-state index is 12.7. The van der Waals surface area contributed by atoms with Gasteiger partial charge >= 0.3 is 6.18 Å². The first kappa shape index (κ1) is 16.1. The van der Waals surface area contributed by atoms with Crippen LogP contribution in [0.4, 0.5) is 13.2 Å². The first-order chi connectivity index (χ1) is 10.0. The van der Waals surface area contributed by atoms with Crippen molar-refractivity contribution in [2.45, 2.75) is 19.0 Å². The SMILES string of the molecule is COc1cc(C(F)(F)F)ccc1CCCN1CCOCC1. The number of benzene rings is 1. The third-order valence-electron chi connectivity index (χ3n) is 3.64. The molecule has 0 aliphatic carbocycles. The van der Waals surface area contributed by atoms with Gasteiger partial charge in [0.15, 0.2) is 0 Å². The van der Waals surface area contributed by atoms with E-state index in [9.17, 15) is 13.2 Å². The number of halogens is 3. The quantitative estimate of drug-likeness (QED) is 0.835. The minimum absolute atomic E-state index is 0.312. The average molecular weight is 303 g/mol. The van der Waals surface area contributed by atoms with Gasteiger partial charge < -0.3 is 9.47 Å². The highest BCUT2D eigenvalue weighted by molar-refractivity contribution is 5.38. The van der Waals surface area contributed by atoms with Crippen molar-refractivity contribution < 1.29 is 22.6 Å². The highest BCUT2D eigenvalue weighted by Gasteiger charge is 2.31. The summed E-state index contributed by atoms with van der Waals surface area (Å²) in [5, 5.41) is 0. The number of hydrogen-bond acceptors (Lipinski definition) is 3. The monoisotopic (exact) mass is 303 g/mol. The smallest absolute Gasteiger partial charge is 0.416 e. The molecular weight excluding hydrogens is 283 g/mol. The number of ether oxygens (including phenoxy) is 2. The van der Waals surface area contributed by atoms with Gasteiger partial charge in [-0.3, -0.25) is 4.90 Å². The molecule has 6 heteroatoms. The van der Waals surface area contributed by atoms with E-state index in [1.165, 1.54) is 13.2 Å². The Kier molecular flexibility index (Phi) is 5.47. The van der Waals surface area contributed by atoms with E-state index in [-0.39, 0.29) is 0 Å². The molecule has 1 fully saturated rings. The number of aryl methyl sites for hydroxylation is 1. The van der Waals surface area contributed by atoms with Crippen molar-refractivity contribution in [3.8, 4) is 5.75 Å². The molecule has 1 aliphatic heterocycles. The number of rotatable bonds is 5. The van der Waals surface area contributed by atoms with Crippen molar-refractivity contribution in [1.29, 1.82) is 0 Å². The summed E-state index contributed by atoms with van der Waals surface area (Å²) >= 11 is 0. The zero-order chi connectivity index (χ0) is 15.3. The van der Waals surface area contributed by atoms with Crippen LogP contribution in [0.2, 0.25) is 0 Å². The number of morpholine rings is 1. The molecule has 0 spiro atoms. The van der Waals surface area contributed by atoms with E-state index in [2.05, 4.69) is 4.90 Å². The largest absolute Gasteiger partial charge is 0.496 e. The summed E-state index contributed by atoms with van der Waals surface area (Å²) in [6.45, 7) is 4.27. The van der Waals surface area contributed by atoms with E-state index in [1.807, 2.05) is 0 Å². The highest BCUT2D eigenvalue weighted by atomic mass is 19.4. The molecule has 2 rings (SSSR count).